The molecular formula is C16H17N7O2. The van der Waals surface area contributed by atoms with Crippen molar-refractivity contribution < 1.29 is 4.79 Å². The summed E-state index contributed by atoms with van der Waals surface area (Å²) in [4.78, 5) is 25.1. The summed E-state index contributed by atoms with van der Waals surface area (Å²) in [5.41, 5.74) is 2.64. The molecule has 1 amide bonds. The summed E-state index contributed by atoms with van der Waals surface area (Å²) in [6, 6.07) is 7.54. The molecule has 0 bridgehead atoms. The zero-order valence-electron chi connectivity index (χ0n) is 14.3. The van der Waals surface area contributed by atoms with Crippen molar-refractivity contribution >= 4 is 11.9 Å². The molecule has 0 saturated carbocycles. The highest BCUT2D eigenvalue weighted by Gasteiger charge is 2.20. The van der Waals surface area contributed by atoms with Gasteiger partial charge in [0.2, 0.25) is 5.95 Å². The van der Waals surface area contributed by atoms with E-state index in [-0.39, 0.29) is 17.2 Å². The van der Waals surface area contributed by atoms with E-state index in [1.807, 2.05) is 31.2 Å². The molecule has 0 aliphatic carbocycles. The molecule has 9 nitrogen and oxygen atoms in total. The van der Waals surface area contributed by atoms with Crippen molar-refractivity contribution in [3.63, 3.8) is 0 Å². The fourth-order valence-corrected chi connectivity index (χ4v) is 2.48. The minimum Gasteiger partial charge on any atom is -0.288 e. The monoisotopic (exact) mass is 339 g/mol. The molecule has 0 spiro atoms. The van der Waals surface area contributed by atoms with E-state index < -0.39 is 5.91 Å². The molecule has 0 radical (unpaired) electrons. The van der Waals surface area contributed by atoms with E-state index in [1.54, 1.807) is 14.0 Å². The Kier molecular flexibility index (Phi) is 4.14. The van der Waals surface area contributed by atoms with E-state index in [4.69, 9.17) is 0 Å². The number of hydrogen-bond donors (Lipinski definition) is 1. The van der Waals surface area contributed by atoms with Crippen LogP contribution in [0, 0.1) is 13.8 Å². The Bertz CT molecular complexity index is 1000. The Morgan fingerprint density at radius 3 is 2.36 bits per heavy atom. The summed E-state index contributed by atoms with van der Waals surface area (Å²) in [5.74, 6) is -0.295. The van der Waals surface area contributed by atoms with Crippen LogP contribution in [0.3, 0.4) is 0 Å². The third kappa shape index (κ3) is 3.03. The Morgan fingerprint density at radius 2 is 1.76 bits per heavy atom. The van der Waals surface area contributed by atoms with Gasteiger partial charge in [-0.05, 0) is 35.4 Å². The summed E-state index contributed by atoms with van der Waals surface area (Å²) in [6.45, 7) is 3.67. The summed E-state index contributed by atoms with van der Waals surface area (Å²) >= 11 is 0. The smallest absolute Gasteiger partial charge is 0.278 e. The third-order valence-corrected chi connectivity index (χ3v) is 3.89. The number of hydrogen-bond acceptors (Lipinski definition) is 6. The van der Waals surface area contributed by atoms with Gasteiger partial charge in [-0.1, -0.05) is 34.9 Å². The van der Waals surface area contributed by atoms with Crippen LogP contribution in [0.1, 0.15) is 21.6 Å². The fraction of sp³-hybridized carbons (Fsp3) is 0.250. The van der Waals surface area contributed by atoms with Crippen LogP contribution in [0.15, 0.2) is 29.1 Å². The van der Waals surface area contributed by atoms with Crippen LogP contribution < -0.4 is 10.9 Å². The lowest BCUT2D eigenvalue weighted by atomic mass is 10.00. The highest BCUT2D eigenvalue weighted by Crippen LogP contribution is 2.22. The number of carbonyl (C=O) groups is 1. The van der Waals surface area contributed by atoms with Crippen molar-refractivity contribution in [2.75, 3.05) is 5.32 Å². The quantitative estimate of drug-likeness (QED) is 0.757. The molecule has 1 aromatic carbocycles. The molecule has 9 heteroatoms. The number of rotatable bonds is 3. The van der Waals surface area contributed by atoms with Crippen LogP contribution >= 0.6 is 0 Å². The van der Waals surface area contributed by atoms with Crippen molar-refractivity contribution in [2.45, 2.75) is 13.8 Å². The average Bonchev–Trinajstić information content (AvgIpc) is 2.97. The Labute approximate surface area is 143 Å². The van der Waals surface area contributed by atoms with Gasteiger partial charge in [0.15, 0.2) is 5.69 Å². The van der Waals surface area contributed by atoms with Crippen molar-refractivity contribution in [3.05, 3.63) is 51.4 Å². The summed E-state index contributed by atoms with van der Waals surface area (Å²) in [6.07, 6.45) is 0. The van der Waals surface area contributed by atoms with Crippen molar-refractivity contribution in [2.24, 2.45) is 14.1 Å². The van der Waals surface area contributed by atoms with Gasteiger partial charge in [0.25, 0.3) is 11.5 Å². The molecule has 0 atom stereocenters. The van der Waals surface area contributed by atoms with E-state index >= 15 is 0 Å². The minimum atomic E-state index is -0.487. The number of benzene rings is 1. The number of aromatic nitrogens is 6. The normalized spacial score (nSPS) is 10.7. The molecule has 2 heterocycles. The standard InChI is InChI=1S/C16H17N7O2/c1-9-5-7-11(8-6-9)12-10(2)13(19-22(3)15(12)25)14(24)17-16-18-20-21-23(16)4/h5-8H,1-4H3,(H,17,18,21,24). The highest BCUT2D eigenvalue weighted by molar-refractivity contribution is 6.03. The average molecular weight is 339 g/mol. The molecule has 1 N–H and O–H groups in total. The van der Waals surface area contributed by atoms with E-state index in [1.165, 1.54) is 11.7 Å². The van der Waals surface area contributed by atoms with Gasteiger partial charge < -0.3 is 0 Å². The maximum Gasteiger partial charge on any atom is 0.278 e. The van der Waals surface area contributed by atoms with Gasteiger partial charge in [-0.3, -0.25) is 14.9 Å². The molecular weight excluding hydrogens is 322 g/mol. The lowest BCUT2D eigenvalue weighted by Crippen LogP contribution is -2.28. The number of aryl methyl sites for hydroxylation is 3. The number of nitrogens with zero attached hydrogens (tertiary/aromatic N) is 6. The van der Waals surface area contributed by atoms with Crippen LogP contribution in [0.5, 0.6) is 0 Å². The van der Waals surface area contributed by atoms with Gasteiger partial charge in [0.05, 0.1) is 5.56 Å². The zero-order chi connectivity index (χ0) is 18.1. The van der Waals surface area contributed by atoms with Gasteiger partial charge in [-0.25, -0.2) is 9.36 Å². The molecule has 128 valence electrons. The lowest BCUT2D eigenvalue weighted by Gasteiger charge is -2.12. The molecule has 2 aromatic heterocycles. The van der Waals surface area contributed by atoms with Crippen molar-refractivity contribution in [1.82, 2.24) is 30.0 Å². The number of carbonyl (C=O) groups excluding carboxylic acids is 1. The Balaban J connectivity index is 2.09. The van der Waals surface area contributed by atoms with Crippen LogP contribution in [0.2, 0.25) is 0 Å². The first-order valence-corrected chi connectivity index (χ1v) is 7.57. The number of nitrogens with one attached hydrogen (secondary N) is 1. The Hall–Kier alpha value is -3.36. The summed E-state index contributed by atoms with van der Waals surface area (Å²) < 4.78 is 2.49. The van der Waals surface area contributed by atoms with Gasteiger partial charge in [0, 0.05) is 14.1 Å². The van der Waals surface area contributed by atoms with Crippen LogP contribution in [-0.2, 0) is 14.1 Å². The molecule has 0 aliphatic rings. The minimum absolute atomic E-state index is 0.140. The highest BCUT2D eigenvalue weighted by atomic mass is 16.2. The van der Waals surface area contributed by atoms with E-state index in [0.717, 1.165) is 15.8 Å². The van der Waals surface area contributed by atoms with Crippen LogP contribution in [0.25, 0.3) is 11.1 Å². The topological polar surface area (TPSA) is 108 Å². The predicted octanol–water partition coefficient (Wildman–Crippen LogP) is 0.840. The Morgan fingerprint density at radius 1 is 1.08 bits per heavy atom. The number of anilines is 1. The van der Waals surface area contributed by atoms with Gasteiger partial charge in [-0.15, -0.1) is 0 Å². The van der Waals surface area contributed by atoms with E-state index in [2.05, 4.69) is 25.9 Å². The molecule has 0 unspecified atom stereocenters. The third-order valence-electron chi connectivity index (χ3n) is 3.89. The molecule has 0 fully saturated rings. The van der Waals surface area contributed by atoms with Crippen LogP contribution in [0.4, 0.5) is 5.95 Å². The maximum absolute atomic E-state index is 12.6. The zero-order valence-corrected chi connectivity index (χ0v) is 14.3. The fourth-order valence-electron chi connectivity index (χ4n) is 2.48. The number of amides is 1. The van der Waals surface area contributed by atoms with Crippen LogP contribution in [-0.4, -0.2) is 35.9 Å². The molecule has 25 heavy (non-hydrogen) atoms. The van der Waals surface area contributed by atoms with Crippen molar-refractivity contribution in [3.8, 4) is 11.1 Å². The van der Waals surface area contributed by atoms with Gasteiger partial charge in [0.1, 0.15) is 0 Å². The second-order valence-corrected chi connectivity index (χ2v) is 5.72. The second-order valence-electron chi connectivity index (χ2n) is 5.72. The first-order valence-electron chi connectivity index (χ1n) is 7.57. The maximum atomic E-state index is 12.6. The molecule has 0 saturated heterocycles. The summed E-state index contributed by atoms with van der Waals surface area (Å²) in [5, 5.41) is 17.5. The second kappa shape index (κ2) is 6.27. The van der Waals surface area contributed by atoms with E-state index in [0.29, 0.717) is 11.1 Å². The lowest BCUT2D eigenvalue weighted by molar-refractivity contribution is 0.101. The molecule has 3 aromatic rings. The first kappa shape index (κ1) is 16.5. The molecule has 3 rings (SSSR count). The largest absolute Gasteiger partial charge is 0.288 e. The van der Waals surface area contributed by atoms with Gasteiger partial charge in [-0.2, -0.15) is 5.10 Å². The van der Waals surface area contributed by atoms with Gasteiger partial charge >= 0.3 is 0 Å². The van der Waals surface area contributed by atoms with Crippen molar-refractivity contribution in [1.29, 1.82) is 0 Å². The summed E-state index contributed by atoms with van der Waals surface area (Å²) in [7, 11) is 3.12. The van der Waals surface area contributed by atoms with E-state index in [9.17, 15) is 9.59 Å². The first-order chi connectivity index (χ1) is 11.9. The number of tetrazole rings is 1. The predicted molar refractivity (Wildman–Crippen MR) is 91.1 cm³/mol. The molecule has 0 aliphatic heterocycles. The SMILES string of the molecule is Cc1ccc(-c2c(C)c(C(=O)Nc3nnnn3C)nn(C)c2=O)cc1.